The van der Waals surface area contributed by atoms with Gasteiger partial charge >= 0.3 is 29.6 Å². The summed E-state index contributed by atoms with van der Waals surface area (Å²) in [7, 11) is 0. The normalized spacial score (nSPS) is 11.4. The Morgan fingerprint density at radius 2 is 1.96 bits per heavy atom. The van der Waals surface area contributed by atoms with Crippen molar-refractivity contribution in [3.05, 3.63) is 22.3 Å². The van der Waals surface area contributed by atoms with E-state index in [-0.39, 0.29) is 48.6 Å². The molecule has 0 saturated heterocycles. The number of aliphatic hydroxyl groups excluding tert-OH is 1. The zero-order valence-electron chi connectivity index (χ0n) is 13.9. The number of aliphatic hydroxyl groups is 1. The van der Waals surface area contributed by atoms with Crippen LogP contribution in [0.3, 0.4) is 0 Å². The third-order valence-corrected chi connectivity index (χ3v) is 5.78. The van der Waals surface area contributed by atoms with Gasteiger partial charge in [-0.05, 0) is 86.7 Å². The number of nitrogens with one attached hydrogen (secondary N) is 1. The Bertz CT molecular complexity index is 615. The molecule has 10 heteroatoms. The van der Waals surface area contributed by atoms with Gasteiger partial charge in [0.05, 0.1) is 25.3 Å². The summed E-state index contributed by atoms with van der Waals surface area (Å²) < 4.78 is 7.67. The molecule has 0 fully saturated rings. The van der Waals surface area contributed by atoms with Gasteiger partial charge in [0.15, 0.2) is 0 Å². The molecule has 1 atom stereocenters. The molecule has 25 heavy (non-hydrogen) atoms. The van der Waals surface area contributed by atoms with E-state index in [1.165, 1.54) is 0 Å². The number of ether oxygens (including phenoxy) is 1. The molecule has 0 saturated carbocycles. The van der Waals surface area contributed by atoms with Crippen molar-refractivity contribution in [2.24, 2.45) is 0 Å². The van der Waals surface area contributed by atoms with E-state index in [1.54, 1.807) is 6.07 Å². The van der Waals surface area contributed by atoms with Crippen LogP contribution in [0, 0.1) is 10.7 Å². The summed E-state index contributed by atoms with van der Waals surface area (Å²) in [5.41, 5.74) is 0.410. The zero-order chi connectivity index (χ0) is 18.3. The third kappa shape index (κ3) is 7.94. The van der Waals surface area contributed by atoms with Gasteiger partial charge in [-0.3, -0.25) is 4.79 Å². The molecule has 0 aliphatic heterocycles. The van der Waals surface area contributed by atoms with Crippen molar-refractivity contribution in [1.29, 1.82) is 0 Å². The predicted octanol–water partition coefficient (Wildman–Crippen LogP) is -1.09. The summed E-state index contributed by atoms with van der Waals surface area (Å²) in [5, 5.41) is 22.8. The molecule has 134 valence electrons. The summed E-state index contributed by atoms with van der Waals surface area (Å²) in [4.78, 5) is 23.6. The van der Waals surface area contributed by atoms with Crippen LogP contribution in [0.4, 0.5) is 0 Å². The fraction of sp³-hybridized carbons (Fsp3) is 0.467. The minimum absolute atomic E-state index is 0. The third-order valence-electron chi connectivity index (χ3n) is 3.10. The van der Waals surface area contributed by atoms with Crippen LogP contribution in [0.25, 0.3) is 0 Å². The minimum atomic E-state index is -1.26. The van der Waals surface area contributed by atoms with Crippen molar-refractivity contribution >= 4 is 79.6 Å². The number of aliphatic carboxylic acids is 1. The molecule has 1 aromatic rings. The van der Waals surface area contributed by atoms with Gasteiger partial charge in [-0.15, -0.1) is 0 Å². The summed E-state index contributed by atoms with van der Waals surface area (Å²) in [6, 6.07) is 1.76. The molecule has 1 rings (SSSR count). The Morgan fingerprint density at radius 3 is 2.48 bits per heavy atom. The van der Waals surface area contributed by atoms with Crippen molar-refractivity contribution in [1.82, 2.24) is 5.32 Å². The molecule has 0 heterocycles. The number of hydrogen-bond acceptors (Lipinski definition) is 5. The number of carbonyl (C=O) groups excluding carboxylic acids is 2. The Labute approximate surface area is 209 Å². The van der Waals surface area contributed by atoms with Crippen LogP contribution in [0.5, 0.6) is 5.75 Å². The average Bonchev–Trinajstić information content (AvgIpc) is 2.51. The van der Waals surface area contributed by atoms with E-state index in [0.29, 0.717) is 27.7 Å². The molecular weight excluding hydrogens is 678 g/mol. The van der Waals surface area contributed by atoms with Gasteiger partial charge in [0.1, 0.15) is 11.9 Å². The number of carbonyl (C=O) groups is 2. The van der Waals surface area contributed by atoms with Crippen LogP contribution in [-0.2, 0) is 4.79 Å². The molecule has 0 aliphatic carbocycles. The number of benzene rings is 1. The number of carboxylic acid groups (broad SMARTS) is 1. The first kappa shape index (κ1) is 26.1. The molecule has 2 N–H and O–H groups in total. The fourth-order valence-corrected chi connectivity index (χ4v) is 6.02. The first-order valence-corrected chi connectivity index (χ1v) is 10.5. The largest absolute Gasteiger partial charge is 1.00 e. The number of amides is 1. The summed E-state index contributed by atoms with van der Waals surface area (Å²) >= 11 is 6.09. The molecular formula is C15H17I3NNaO5. The standard InChI is InChI=1S/C15H18I3NO5.Na/c1-2-3-4-10(15(22)23)24-13-9(17)7-8(16)11(12(13)18)14(21)19-5-6-20;/h7,10,20H,2-6H2,1H3,(H,19,21)(H,22,23);/q;+1/p-1. The van der Waals surface area contributed by atoms with Gasteiger partial charge in [0, 0.05) is 10.1 Å². The van der Waals surface area contributed by atoms with Gasteiger partial charge in [-0.1, -0.05) is 13.3 Å². The van der Waals surface area contributed by atoms with E-state index in [9.17, 15) is 14.7 Å². The maximum absolute atomic E-state index is 12.3. The SMILES string of the molecule is CCCCC(Oc1c(I)cc(I)c(C(=O)NCCO)c1I)C(=O)[O-].[Na+]. The van der Waals surface area contributed by atoms with Crippen LogP contribution in [-0.4, -0.2) is 36.2 Å². The Kier molecular flexibility index (Phi) is 13.9. The molecule has 1 unspecified atom stereocenters. The number of halogens is 3. The predicted molar refractivity (Wildman–Crippen MR) is 113 cm³/mol. The van der Waals surface area contributed by atoms with Gasteiger partial charge in [-0.25, -0.2) is 0 Å². The molecule has 0 spiro atoms. The first-order chi connectivity index (χ1) is 11.3. The van der Waals surface area contributed by atoms with E-state index in [2.05, 4.69) is 27.9 Å². The van der Waals surface area contributed by atoms with E-state index < -0.39 is 12.1 Å². The van der Waals surface area contributed by atoms with E-state index in [0.717, 1.165) is 13.6 Å². The molecule has 0 aromatic heterocycles. The molecule has 6 nitrogen and oxygen atoms in total. The number of unbranched alkanes of at least 4 members (excludes halogenated alkanes) is 1. The first-order valence-electron chi connectivity index (χ1n) is 7.27. The molecule has 1 aromatic carbocycles. The van der Waals surface area contributed by atoms with Gasteiger partial charge in [0.25, 0.3) is 5.91 Å². The second-order valence-electron chi connectivity index (χ2n) is 4.91. The molecule has 1 amide bonds. The summed E-state index contributed by atoms with van der Waals surface area (Å²) in [5.74, 6) is -1.23. The Balaban J connectivity index is 0.00000576. The minimum Gasteiger partial charge on any atom is -0.546 e. The van der Waals surface area contributed by atoms with Crippen molar-refractivity contribution in [2.45, 2.75) is 32.3 Å². The molecule has 0 bridgehead atoms. The van der Waals surface area contributed by atoms with Crippen LogP contribution in [0.15, 0.2) is 6.07 Å². The summed E-state index contributed by atoms with van der Waals surface area (Å²) in [6.07, 6.45) is 0.853. The topological polar surface area (TPSA) is 98.7 Å². The van der Waals surface area contributed by atoms with Crippen molar-refractivity contribution in [3.63, 3.8) is 0 Å². The van der Waals surface area contributed by atoms with E-state index in [4.69, 9.17) is 9.84 Å². The van der Waals surface area contributed by atoms with Crippen LogP contribution in [0.1, 0.15) is 36.5 Å². The number of rotatable bonds is 9. The van der Waals surface area contributed by atoms with Crippen molar-refractivity contribution in [2.75, 3.05) is 13.2 Å². The maximum Gasteiger partial charge on any atom is 1.00 e. The van der Waals surface area contributed by atoms with E-state index in [1.807, 2.05) is 52.1 Å². The van der Waals surface area contributed by atoms with E-state index >= 15 is 0 Å². The number of hydrogen-bond donors (Lipinski definition) is 2. The Morgan fingerprint density at radius 1 is 1.32 bits per heavy atom. The second-order valence-corrected chi connectivity index (χ2v) is 8.31. The maximum atomic E-state index is 12.3. The van der Waals surface area contributed by atoms with Crippen LogP contribution < -0.4 is 44.7 Å². The van der Waals surface area contributed by atoms with Gasteiger partial charge in [0.2, 0.25) is 0 Å². The fourth-order valence-electron chi connectivity index (χ4n) is 1.90. The quantitative estimate of drug-likeness (QED) is 0.253. The zero-order valence-corrected chi connectivity index (χ0v) is 22.4. The average molecular weight is 695 g/mol. The van der Waals surface area contributed by atoms with Crippen LogP contribution in [0.2, 0.25) is 0 Å². The molecule has 0 radical (unpaired) electrons. The second kappa shape index (κ2) is 13.3. The van der Waals surface area contributed by atoms with Crippen molar-refractivity contribution in [3.8, 4) is 5.75 Å². The van der Waals surface area contributed by atoms with Gasteiger partial charge < -0.3 is 25.1 Å². The monoisotopic (exact) mass is 695 g/mol. The smallest absolute Gasteiger partial charge is 0.546 e. The molecule has 0 aliphatic rings. The van der Waals surface area contributed by atoms with Crippen LogP contribution >= 0.6 is 67.8 Å². The van der Waals surface area contributed by atoms with Crippen molar-refractivity contribution < 1.29 is 54.1 Å². The summed E-state index contributed by atoms with van der Waals surface area (Å²) in [6.45, 7) is 1.95. The number of carboxylic acids is 1. The Hall–Kier alpha value is 1.11. The van der Waals surface area contributed by atoms with Gasteiger partial charge in [-0.2, -0.15) is 0 Å².